The van der Waals surface area contributed by atoms with Gasteiger partial charge in [-0.15, -0.1) is 11.3 Å². The predicted octanol–water partition coefficient (Wildman–Crippen LogP) is 4.23. The van der Waals surface area contributed by atoms with Crippen LogP contribution in [0.15, 0.2) is 17.5 Å². The molecular weight excluding hydrogens is 380 g/mol. The molecule has 0 aliphatic carbocycles. The summed E-state index contributed by atoms with van der Waals surface area (Å²) in [6.45, 7) is 11.4. The summed E-state index contributed by atoms with van der Waals surface area (Å²) >= 11 is 1.51. The molecule has 29 heavy (non-hydrogen) atoms. The zero-order valence-electron chi connectivity index (χ0n) is 17.8. The third-order valence-electron chi connectivity index (χ3n) is 6.38. The Bertz CT molecular complexity index is 872. The van der Waals surface area contributed by atoms with Gasteiger partial charge in [-0.2, -0.15) is 0 Å². The van der Waals surface area contributed by atoms with E-state index in [0.717, 1.165) is 24.3 Å². The molecular formula is C23H32N4OS. The number of aromatic nitrogens is 1. The van der Waals surface area contributed by atoms with Crippen molar-refractivity contribution >= 4 is 22.4 Å². The van der Waals surface area contributed by atoms with Crippen LogP contribution in [0.25, 0.3) is 11.3 Å². The van der Waals surface area contributed by atoms with Crippen molar-refractivity contribution in [3.8, 4) is 11.3 Å². The second-order valence-corrected chi connectivity index (χ2v) is 9.47. The molecule has 1 amide bonds. The molecule has 0 spiro atoms. The molecule has 2 aliphatic rings. The number of nitrogens with zero attached hydrogens (tertiary/aromatic N) is 3. The third-order valence-corrected chi connectivity index (χ3v) is 7.14. The number of benzene rings is 1. The molecule has 0 bridgehead atoms. The summed E-state index contributed by atoms with van der Waals surface area (Å²) in [7, 11) is 0. The third kappa shape index (κ3) is 4.87. The summed E-state index contributed by atoms with van der Waals surface area (Å²) in [4.78, 5) is 22.3. The lowest BCUT2D eigenvalue weighted by Crippen LogP contribution is -2.42. The van der Waals surface area contributed by atoms with Gasteiger partial charge in [0.1, 0.15) is 0 Å². The van der Waals surface area contributed by atoms with Crippen LogP contribution in [-0.2, 0) is 4.79 Å². The van der Waals surface area contributed by atoms with Gasteiger partial charge in [-0.25, -0.2) is 4.98 Å². The van der Waals surface area contributed by atoms with Crippen molar-refractivity contribution in [2.45, 2.75) is 52.5 Å². The lowest BCUT2D eigenvalue weighted by Gasteiger charge is -2.27. The van der Waals surface area contributed by atoms with Crippen LogP contribution in [0.5, 0.6) is 0 Å². The number of aryl methyl sites for hydroxylation is 3. The number of likely N-dealkylation sites (tertiary alicyclic amines) is 2. The first-order chi connectivity index (χ1) is 14.0. The van der Waals surface area contributed by atoms with E-state index in [9.17, 15) is 4.79 Å². The average molecular weight is 413 g/mol. The highest BCUT2D eigenvalue weighted by molar-refractivity contribution is 7.14. The fourth-order valence-corrected chi connectivity index (χ4v) is 5.33. The molecule has 1 aromatic heterocycles. The lowest BCUT2D eigenvalue weighted by molar-refractivity contribution is -0.117. The predicted molar refractivity (Wildman–Crippen MR) is 121 cm³/mol. The first-order valence-electron chi connectivity index (χ1n) is 10.8. The molecule has 5 nitrogen and oxygen atoms in total. The summed E-state index contributed by atoms with van der Waals surface area (Å²) < 4.78 is 0. The van der Waals surface area contributed by atoms with Gasteiger partial charge < -0.3 is 10.2 Å². The molecule has 2 saturated heterocycles. The maximum atomic E-state index is 12.7. The molecule has 6 heteroatoms. The van der Waals surface area contributed by atoms with Gasteiger partial charge in [0.05, 0.1) is 12.2 Å². The van der Waals surface area contributed by atoms with E-state index in [-0.39, 0.29) is 5.91 Å². The second-order valence-electron chi connectivity index (χ2n) is 8.61. The standard InChI is InChI=1S/C23H32N4OS/c1-16-11-18(3)20(12-17(16)2)21-15-29-23(24-21)25-22(28)14-27-10-6-7-19(27)13-26-8-4-5-9-26/h11-12,15,19H,4-10,13-14H2,1-3H3,(H,24,25,28). The van der Waals surface area contributed by atoms with E-state index in [4.69, 9.17) is 0 Å². The molecule has 156 valence electrons. The minimum atomic E-state index is 0.0519. The first-order valence-corrected chi connectivity index (χ1v) is 11.7. The Morgan fingerprint density at radius 3 is 2.66 bits per heavy atom. The Kier molecular flexibility index (Phi) is 6.32. The molecule has 0 radical (unpaired) electrons. The van der Waals surface area contributed by atoms with Gasteiger partial charge in [0.15, 0.2) is 5.13 Å². The van der Waals surface area contributed by atoms with Crippen LogP contribution >= 0.6 is 11.3 Å². The summed E-state index contributed by atoms with van der Waals surface area (Å²) in [5.41, 5.74) is 5.87. The molecule has 1 aromatic carbocycles. The summed E-state index contributed by atoms with van der Waals surface area (Å²) in [5.74, 6) is 0.0519. The minimum Gasteiger partial charge on any atom is -0.302 e. The van der Waals surface area contributed by atoms with E-state index >= 15 is 0 Å². The molecule has 1 atom stereocenters. The van der Waals surface area contributed by atoms with Crippen molar-refractivity contribution in [1.82, 2.24) is 14.8 Å². The number of carbonyl (C=O) groups is 1. The molecule has 4 rings (SSSR count). The van der Waals surface area contributed by atoms with E-state index < -0.39 is 0 Å². The fraction of sp³-hybridized carbons (Fsp3) is 0.565. The van der Waals surface area contributed by atoms with Crippen LogP contribution in [-0.4, -0.2) is 59.5 Å². The van der Waals surface area contributed by atoms with Gasteiger partial charge in [0.25, 0.3) is 0 Å². The zero-order valence-corrected chi connectivity index (χ0v) is 18.6. The highest BCUT2D eigenvalue weighted by Gasteiger charge is 2.28. The quantitative estimate of drug-likeness (QED) is 0.771. The van der Waals surface area contributed by atoms with Crippen LogP contribution in [0.4, 0.5) is 5.13 Å². The van der Waals surface area contributed by atoms with E-state index in [1.165, 1.54) is 66.8 Å². The van der Waals surface area contributed by atoms with Crippen molar-refractivity contribution in [3.63, 3.8) is 0 Å². The number of anilines is 1. The monoisotopic (exact) mass is 412 g/mol. The number of carbonyl (C=O) groups excluding carboxylic acids is 1. The molecule has 2 aliphatic heterocycles. The zero-order chi connectivity index (χ0) is 20.4. The topological polar surface area (TPSA) is 48.5 Å². The molecule has 2 fully saturated rings. The smallest absolute Gasteiger partial charge is 0.240 e. The number of amides is 1. The van der Waals surface area contributed by atoms with E-state index in [1.54, 1.807) is 0 Å². The molecule has 2 aromatic rings. The maximum absolute atomic E-state index is 12.7. The summed E-state index contributed by atoms with van der Waals surface area (Å²) in [6.07, 6.45) is 5.04. The maximum Gasteiger partial charge on any atom is 0.240 e. The number of nitrogens with one attached hydrogen (secondary N) is 1. The SMILES string of the molecule is Cc1cc(C)c(-c2csc(NC(=O)CN3CCCC3CN3CCCC3)n2)cc1C. The Morgan fingerprint density at radius 2 is 1.86 bits per heavy atom. The van der Waals surface area contributed by atoms with Crippen molar-refractivity contribution in [2.24, 2.45) is 0 Å². The largest absolute Gasteiger partial charge is 0.302 e. The van der Waals surface area contributed by atoms with E-state index in [0.29, 0.717) is 17.7 Å². The van der Waals surface area contributed by atoms with Gasteiger partial charge in [-0.05, 0) is 88.8 Å². The van der Waals surface area contributed by atoms with Crippen LogP contribution in [0.1, 0.15) is 42.4 Å². The highest BCUT2D eigenvalue weighted by Crippen LogP contribution is 2.29. The Morgan fingerprint density at radius 1 is 1.10 bits per heavy atom. The number of thiazole rings is 1. The second kappa shape index (κ2) is 8.94. The van der Waals surface area contributed by atoms with Crippen molar-refractivity contribution in [2.75, 3.05) is 38.0 Å². The van der Waals surface area contributed by atoms with Gasteiger partial charge in [-0.3, -0.25) is 9.69 Å². The Balaban J connectivity index is 1.36. The van der Waals surface area contributed by atoms with Crippen LogP contribution in [0, 0.1) is 20.8 Å². The summed E-state index contributed by atoms with van der Waals surface area (Å²) in [5, 5.41) is 5.76. The van der Waals surface area contributed by atoms with Crippen LogP contribution in [0.2, 0.25) is 0 Å². The van der Waals surface area contributed by atoms with Gasteiger partial charge >= 0.3 is 0 Å². The molecule has 1 unspecified atom stereocenters. The van der Waals surface area contributed by atoms with Crippen molar-refractivity contribution < 1.29 is 4.79 Å². The number of rotatable bonds is 6. The van der Waals surface area contributed by atoms with Gasteiger partial charge in [-0.1, -0.05) is 6.07 Å². The van der Waals surface area contributed by atoms with Crippen molar-refractivity contribution in [1.29, 1.82) is 0 Å². The van der Waals surface area contributed by atoms with Gasteiger partial charge in [0, 0.05) is 23.5 Å². The first kappa shape index (κ1) is 20.5. The van der Waals surface area contributed by atoms with Gasteiger partial charge in [0.2, 0.25) is 5.91 Å². The summed E-state index contributed by atoms with van der Waals surface area (Å²) in [6, 6.07) is 4.91. The fourth-order valence-electron chi connectivity index (χ4n) is 4.61. The van der Waals surface area contributed by atoms with Crippen LogP contribution < -0.4 is 5.32 Å². The Labute approximate surface area is 178 Å². The lowest BCUT2D eigenvalue weighted by atomic mass is 9.99. The van der Waals surface area contributed by atoms with Crippen molar-refractivity contribution in [3.05, 3.63) is 34.2 Å². The molecule has 0 saturated carbocycles. The molecule has 1 N–H and O–H groups in total. The number of hydrogen-bond donors (Lipinski definition) is 1. The minimum absolute atomic E-state index is 0.0519. The average Bonchev–Trinajstić information content (AvgIpc) is 3.42. The highest BCUT2D eigenvalue weighted by atomic mass is 32.1. The Hall–Kier alpha value is -1.76. The van der Waals surface area contributed by atoms with Crippen LogP contribution in [0.3, 0.4) is 0 Å². The number of hydrogen-bond acceptors (Lipinski definition) is 5. The van der Waals surface area contributed by atoms with E-state index in [1.807, 2.05) is 5.38 Å². The normalized spacial score (nSPS) is 20.4. The molecule has 3 heterocycles. The van der Waals surface area contributed by atoms with E-state index in [2.05, 4.69) is 53.0 Å².